The molecule has 5 heteroatoms. The van der Waals surface area contributed by atoms with Crippen molar-refractivity contribution < 1.29 is 9.18 Å². The minimum atomic E-state index is -0.979. The second kappa shape index (κ2) is 6.17. The van der Waals surface area contributed by atoms with Crippen LogP contribution < -0.4 is 0 Å². The lowest BCUT2D eigenvalue weighted by Gasteiger charge is -2.10. The lowest BCUT2D eigenvalue weighted by atomic mass is 9.92. The third kappa shape index (κ3) is 3.06. The van der Waals surface area contributed by atoms with Crippen molar-refractivity contribution >= 4 is 33.3 Å². The van der Waals surface area contributed by atoms with Gasteiger partial charge in [0.05, 0.1) is 6.07 Å². The number of ketones is 1. The highest BCUT2D eigenvalue weighted by molar-refractivity contribution is 9.10. The van der Waals surface area contributed by atoms with E-state index in [1.54, 1.807) is 18.2 Å². The van der Waals surface area contributed by atoms with Gasteiger partial charge < -0.3 is 0 Å². The van der Waals surface area contributed by atoms with Crippen LogP contribution >= 0.6 is 27.5 Å². The number of hydrogen-bond acceptors (Lipinski definition) is 2. The largest absolute Gasteiger partial charge is 0.292 e. The Hall–Kier alpha value is -1.70. The van der Waals surface area contributed by atoms with Crippen LogP contribution in [-0.2, 0) is 0 Å². The molecule has 1 atom stereocenters. The first-order chi connectivity index (χ1) is 9.52. The maximum absolute atomic E-state index is 12.9. The minimum Gasteiger partial charge on any atom is -0.292 e. The number of hydrogen-bond donors (Lipinski definition) is 0. The van der Waals surface area contributed by atoms with Crippen molar-refractivity contribution in [2.45, 2.75) is 5.92 Å². The van der Waals surface area contributed by atoms with Crippen LogP contribution in [0.15, 0.2) is 46.9 Å². The molecule has 0 aromatic heterocycles. The van der Waals surface area contributed by atoms with E-state index in [2.05, 4.69) is 15.9 Å². The normalized spacial score (nSPS) is 11.7. The fraction of sp³-hybridized carbons (Fsp3) is 0.0667. The van der Waals surface area contributed by atoms with E-state index >= 15 is 0 Å². The van der Waals surface area contributed by atoms with Crippen molar-refractivity contribution in [3.8, 4) is 6.07 Å². The molecule has 20 heavy (non-hydrogen) atoms. The number of benzene rings is 2. The molecule has 0 fully saturated rings. The lowest BCUT2D eigenvalue weighted by molar-refractivity contribution is 0.0978. The zero-order valence-corrected chi connectivity index (χ0v) is 12.5. The van der Waals surface area contributed by atoms with Gasteiger partial charge in [0, 0.05) is 15.1 Å². The Morgan fingerprint density at radius 2 is 1.90 bits per heavy atom. The molecule has 0 heterocycles. The molecule has 0 aliphatic rings. The number of halogens is 3. The summed E-state index contributed by atoms with van der Waals surface area (Å²) in [6.07, 6.45) is 0. The smallest absolute Gasteiger partial charge is 0.185 e. The van der Waals surface area contributed by atoms with E-state index in [1.165, 1.54) is 24.3 Å². The average molecular weight is 353 g/mol. The third-order valence-electron chi connectivity index (χ3n) is 2.79. The molecule has 2 nitrogen and oxygen atoms in total. The van der Waals surface area contributed by atoms with Crippen LogP contribution in [0.4, 0.5) is 4.39 Å². The van der Waals surface area contributed by atoms with E-state index in [4.69, 9.17) is 11.6 Å². The van der Waals surface area contributed by atoms with Crippen molar-refractivity contribution in [3.63, 3.8) is 0 Å². The Labute approximate surface area is 128 Å². The highest BCUT2D eigenvalue weighted by Crippen LogP contribution is 2.27. The monoisotopic (exact) mass is 351 g/mol. The molecular formula is C15H8BrClFNO. The summed E-state index contributed by atoms with van der Waals surface area (Å²) in [7, 11) is 0. The van der Waals surface area contributed by atoms with Crippen LogP contribution in [0, 0.1) is 17.1 Å². The predicted molar refractivity (Wildman–Crippen MR) is 78.2 cm³/mol. The summed E-state index contributed by atoms with van der Waals surface area (Å²) in [6, 6.07) is 12.0. The molecule has 0 N–H and O–H groups in total. The van der Waals surface area contributed by atoms with E-state index in [9.17, 15) is 14.4 Å². The Balaban J connectivity index is 2.39. The maximum atomic E-state index is 12.9. The number of carbonyl (C=O) groups is 1. The molecule has 0 saturated carbocycles. The Kier molecular flexibility index (Phi) is 4.53. The van der Waals surface area contributed by atoms with Gasteiger partial charge in [0.25, 0.3) is 0 Å². The minimum absolute atomic E-state index is 0.359. The molecule has 1 unspecified atom stereocenters. The van der Waals surface area contributed by atoms with Gasteiger partial charge in [0.2, 0.25) is 0 Å². The molecule has 0 spiro atoms. The number of nitrogens with zero attached hydrogens (tertiary/aromatic N) is 1. The predicted octanol–water partition coefficient (Wildman–Crippen LogP) is 4.73. The van der Waals surface area contributed by atoms with Crippen molar-refractivity contribution in [1.82, 2.24) is 0 Å². The number of rotatable bonds is 3. The highest BCUT2D eigenvalue weighted by Gasteiger charge is 2.23. The number of Topliss-reactive ketones (excluding diaryl/α,β-unsaturated/α-hetero) is 1. The summed E-state index contributed by atoms with van der Waals surface area (Å²) in [6.45, 7) is 0. The van der Waals surface area contributed by atoms with Gasteiger partial charge in [-0.1, -0.05) is 23.7 Å². The average Bonchev–Trinajstić information content (AvgIpc) is 2.41. The standard InChI is InChI=1S/C15H8BrClFNO/c16-14-7-10(17)3-6-12(14)15(20)13(8-19)9-1-4-11(18)5-2-9/h1-7,13H. The highest BCUT2D eigenvalue weighted by atomic mass is 79.9. The van der Waals surface area contributed by atoms with Gasteiger partial charge in [-0.05, 0) is 51.8 Å². The molecule has 0 amide bonds. The van der Waals surface area contributed by atoms with Crippen LogP contribution in [0.2, 0.25) is 5.02 Å². The maximum Gasteiger partial charge on any atom is 0.185 e. The summed E-state index contributed by atoms with van der Waals surface area (Å²) in [4.78, 5) is 12.4. The van der Waals surface area contributed by atoms with Crippen LogP contribution in [0.5, 0.6) is 0 Å². The van der Waals surface area contributed by atoms with Crippen LogP contribution in [0.3, 0.4) is 0 Å². The fourth-order valence-electron chi connectivity index (χ4n) is 1.78. The summed E-state index contributed by atoms with van der Waals surface area (Å²) >= 11 is 9.08. The first-order valence-electron chi connectivity index (χ1n) is 5.67. The fourth-order valence-corrected chi connectivity index (χ4v) is 2.66. The molecule has 0 radical (unpaired) electrons. The molecule has 0 bridgehead atoms. The first-order valence-corrected chi connectivity index (χ1v) is 6.84. The molecule has 2 rings (SSSR count). The molecule has 2 aromatic carbocycles. The van der Waals surface area contributed by atoms with Crippen molar-refractivity contribution in [3.05, 3.63) is 68.9 Å². The molecule has 0 aliphatic carbocycles. The quantitative estimate of drug-likeness (QED) is 0.749. The SMILES string of the molecule is N#CC(C(=O)c1ccc(Cl)cc1Br)c1ccc(F)cc1. The Bertz CT molecular complexity index is 694. The van der Waals surface area contributed by atoms with Gasteiger partial charge in [-0.2, -0.15) is 5.26 Å². The first kappa shape index (κ1) is 14.7. The van der Waals surface area contributed by atoms with Gasteiger partial charge in [-0.3, -0.25) is 4.79 Å². The molecule has 0 saturated heterocycles. The zero-order chi connectivity index (χ0) is 14.7. The molecular weight excluding hydrogens is 345 g/mol. The molecule has 100 valence electrons. The third-order valence-corrected chi connectivity index (χ3v) is 3.68. The van der Waals surface area contributed by atoms with Crippen LogP contribution in [0.1, 0.15) is 21.8 Å². The van der Waals surface area contributed by atoms with Crippen LogP contribution in [0.25, 0.3) is 0 Å². The second-order valence-corrected chi connectivity index (χ2v) is 5.39. The van der Waals surface area contributed by atoms with Gasteiger partial charge >= 0.3 is 0 Å². The number of nitriles is 1. The topological polar surface area (TPSA) is 40.9 Å². The molecule has 2 aromatic rings. The second-order valence-electron chi connectivity index (χ2n) is 4.10. The Morgan fingerprint density at radius 1 is 1.25 bits per heavy atom. The Morgan fingerprint density at radius 3 is 2.45 bits per heavy atom. The lowest BCUT2D eigenvalue weighted by Crippen LogP contribution is -2.12. The van der Waals surface area contributed by atoms with Crippen molar-refractivity contribution in [2.75, 3.05) is 0 Å². The zero-order valence-electron chi connectivity index (χ0n) is 10.1. The summed E-state index contributed by atoms with van der Waals surface area (Å²) in [5.74, 6) is -1.75. The van der Waals surface area contributed by atoms with Gasteiger partial charge in [0.15, 0.2) is 5.78 Å². The van der Waals surface area contributed by atoms with E-state index in [1.807, 2.05) is 6.07 Å². The summed E-state index contributed by atoms with van der Waals surface area (Å²) in [5.41, 5.74) is 0.825. The van der Waals surface area contributed by atoms with E-state index in [0.29, 0.717) is 20.6 Å². The van der Waals surface area contributed by atoms with Gasteiger partial charge in [-0.15, -0.1) is 0 Å². The van der Waals surface area contributed by atoms with E-state index < -0.39 is 11.7 Å². The van der Waals surface area contributed by atoms with Crippen LogP contribution in [-0.4, -0.2) is 5.78 Å². The van der Waals surface area contributed by atoms with E-state index in [-0.39, 0.29) is 5.78 Å². The number of carbonyl (C=O) groups excluding carboxylic acids is 1. The molecule has 0 aliphatic heterocycles. The van der Waals surface area contributed by atoms with E-state index in [0.717, 1.165) is 0 Å². The van der Waals surface area contributed by atoms with Crippen molar-refractivity contribution in [1.29, 1.82) is 5.26 Å². The summed E-state index contributed by atoms with van der Waals surface area (Å²) < 4.78 is 13.4. The van der Waals surface area contributed by atoms with Gasteiger partial charge in [0.1, 0.15) is 11.7 Å². The summed E-state index contributed by atoms with van der Waals surface area (Å²) in [5, 5.41) is 9.71. The van der Waals surface area contributed by atoms with Gasteiger partial charge in [-0.25, -0.2) is 4.39 Å². The van der Waals surface area contributed by atoms with Crippen molar-refractivity contribution in [2.24, 2.45) is 0 Å².